The molecule has 0 aliphatic heterocycles. The molecule has 0 heterocycles. The SMILES string of the molecule is CCCCCC(C)(CCC)[C@@H](C)COC(C)=O. The van der Waals surface area contributed by atoms with Gasteiger partial charge in [0.1, 0.15) is 0 Å². The van der Waals surface area contributed by atoms with Crippen LogP contribution in [0.3, 0.4) is 0 Å². The standard InChI is InChI=1S/C15H30O2/c1-6-8-9-11-15(5,10-7-2)13(3)12-17-14(4)16/h13H,6-12H2,1-5H3/t13-,15?/m0/s1. The molecule has 0 spiro atoms. The van der Waals surface area contributed by atoms with Gasteiger partial charge in [0.05, 0.1) is 6.61 Å². The fraction of sp³-hybridized carbons (Fsp3) is 0.933. The molecule has 0 aliphatic carbocycles. The van der Waals surface area contributed by atoms with Crippen LogP contribution in [0, 0.1) is 11.3 Å². The number of hydrogen-bond donors (Lipinski definition) is 0. The smallest absolute Gasteiger partial charge is 0.302 e. The highest BCUT2D eigenvalue weighted by Crippen LogP contribution is 2.38. The summed E-state index contributed by atoms with van der Waals surface area (Å²) in [5, 5.41) is 0. The first-order valence-electron chi connectivity index (χ1n) is 7.09. The Bertz CT molecular complexity index is 213. The van der Waals surface area contributed by atoms with E-state index in [1.54, 1.807) is 0 Å². The molecular formula is C15H30O2. The summed E-state index contributed by atoms with van der Waals surface area (Å²) >= 11 is 0. The maximum atomic E-state index is 10.9. The fourth-order valence-corrected chi connectivity index (χ4v) is 2.41. The van der Waals surface area contributed by atoms with Gasteiger partial charge >= 0.3 is 5.97 Å². The van der Waals surface area contributed by atoms with E-state index in [1.807, 2.05) is 0 Å². The first kappa shape index (κ1) is 16.5. The van der Waals surface area contributed by atoms with Crippen molar-refractivity contribution in [2.24, 2.45) is 11.3 Å². The molecule has 0 N–H and O–H groups in total. The summed E-state index contributed by atoms with van der Waals surface area (Å²) in [7, 11) is 0. The summed E-state index contributed by atoms with van der Waals surface area (Å²) in [6, 6.07) is 0. The lowest BCUT2D eigenvalue weighted by atomic mass is 9.71. The summed E-state index contributed by atoms with van der Waals surface area (Å²) in [4.78, 5) is 10.9. The molecule has 17 heavy (non-hydrogen) atoms. The van der Waals surface area contributed by atoms with E-state index >= 15 is 0 Å². The molecule has 0 aromatic heterocycles. The third-order valence-electron chi connectivity index (χ3n) is 3.90. The second-order valence-electron chi connectivity index (χ2n) is 5.56. The van der Waals surface area contributed by atoms with Crippen LogP contribution < -0.4 is 0 Å². The number of rotatable bonds is 9. The van der Waals surface area contributed by atoms with Gasteiger partial charge in [0, 0.05) is 6.92 Å². The van der Waals surface area contributed by atoms with Crippen LogP contribution in [0.15, 0.2) is 0 Å². The normalized spacial score (nSPS) is 16.3. The first-order chi connectivity index (χ1) is 7.96. The molecule has 1 unspecified atom stereocenters. The highest BCUT2D eigenvalue weighted by molar-refractivity contribution is 5.65. The van der Waals surface area contributed by atoms with Gasteiger partial charge in [0.15, 0.2) is 0 Å². The molecule has 0 radical (unpaired) electrons. The molecule has 0 aromatic carbocycles. The van der Waals surface area contributed by atoms with Gasteiger partial charge in [0.2, 0.25) is 0 Å². The van der Waals surface area contributed by atoms with Crippen LogP contribution in [0.4, 0.5) is 0 Å². The molecule has 0 aliphatic rings. The molecule has 0 rings (SSSR count). The van der Waals surface area contributed by atoms with Gasteiger partial charge in [-0.05, 0) is 24.2 Å². The van der Waals surface area contributed by atoms with E-state index in [9.17, 15) is 4.79 Å². The predicted molar refractivity (Wildman–Crippen MR) is 73.0 cm³/mol. The van der Waals surface area contributed by atoms with Crippen LogP contribution in [0.2, 0.25) is 0 Å². The maximum absolute atomic E-state index is 10.9. The van der Waals surface area contributed by atoms with Gasteiger partial charge in [-0.1, -0.05) is 53.4 Å². The van der Waals surface area contributed by atoms with Crippen LogP contribution in [0.5, 0.6) is 0 Å². The van der Waals surface area contributed by atoms with Crippen molar-refractivity contribution >= 4 is 5.97 Å². The lowest BCUT2D eigenvalue weighted by Gasteiger charge is -2.35. The summed E-state index contributed by atoms with van der Waals surface area (Å²) in [5.74, 6) is 0.285. The molecule has 2 atom stereocenters. The van der Waals surface area contributed by atoms with Crippen LogP contribution in [-0.2, 0) is 9.53 Å². The number of esters is 1. The Morgan fingerprint density at radius 2 is 1.82 bits per heavy atom. The van der Waals surface area contributed by atoms with E-state index in [0.717, 1.165) is 0 Å². The Morgan fingerprint density at radius 3 is 2.29 bits per heavy atom. The van der Waals surface area contributed by atoms with E-state index in [1.165, 1.54) is 45.4 Å². The Hall–Kier alpha value is -0.530. The Balaban J connectivity index is 4.28. The number of hydrogen-bond acceptors (Lipinski definition) is 2. The third-order valence-corrected chi connectivity index (χ3v) is 3.90. The molecule has 102 valence electrons. The lowest BCUT2D eigenvalue weighted by Crippen LogP contribution is -2.29. The summed E-state index contributed by atoms with van der Waals surface area (Å²) < 4.78 is 5.16. The van der Waals surface area contributed by atoms with Crippen molar-refractivity contribution in [3.8, 4) is 0 Å². The van der Waals surface area contributed by atoms with Crippen LogP contribution in [0.1, 0.15) is 73.1 Å². The van der Waals surface area contributed by atoms with E-state index in [2.05, 4.69) is 27.7 Å². The molecule has 0 amide bonds. The topological polar surface area (TPSA) is 26.3 Å². The van der Waals surface area contributed by atoms with Crippen LogP contribution >= 0.6 is 0 Å². The molecule has 2 heteroatoms. The summed E-state index contributed by atoms with van der Waals surface area (Å²) in [6.45, 7) is 11.1. The second-order valence-corrected chi connectivity index (χ2v) is 5.56. The molecule has 0 saturated carbocycles. The van der Waals surface area contributed by atoms with Crippen molar-refractivity contribution < 1.29 is 9.53 Å². The van der Waals surface area contributed by atoms with Crippen molar-refractivity contribution in [1.82, 2.24) is 0 Å². The highest BCUT2D eigenvalue weighted by atomic mass is 16.5. The monoisotopic (exact) mass is 242 g/mol. The number of carbonyl (C=O) groups excluding carboxylic acids is 1. The minimum Gasteiger partial charge on any atom is -0.466 e. The maximum Gasteiger partial charge on any atom is 0.302 e. The van der Waals surface area contributed by atoms with Gasteiger partial charge in [-0.2, -0.15) is 0 Å². The van der Waals surface area contributed by atoms with Crippen molar-refractivity contribution in [1.29, 1.82) is 0 Å². The van der Waals surface area contributed by atoms with E-state index < -0.39 is 0 Å². The zero-order valence-electron chi connectivity index (χ0n) is 12.3. The Kier molecular flexibility index (Phi) is 8.28. The molecule has 0 aromatic rings. The van der Waals surface area contributed by atoms with Crippen molar-refractivity contribution in [3.63, 3.8) is 0 Å². The van der Waals surface area contributed by atoms with Gasteiger partial charge < -0.3 is 4.74 Å². The molecule has 2 nitrogen and oxygen atoms in total. The quantitative estimate of drug-likeness (QED) is 0.437. The Morgan fingerprint density at radius 1 is 1.18 bits per heavy atom. The van der Waals surface area contributed by atoms with Crippen molar-refractivity contribution in [3.05, 3.63) is 0 Å². The van der Waals surface area contributed by atoms with Gasteiger partial charge in [-0.3, -0.25) is 4.79 Å². The lowest BCUT2D eigenvalue weighted by molar-refractivity contribution is -0.143. The van der Waals surface area contributed by atoms with Crippen LogP contribution in [-0.4, -0.2) is 12.6 Å². The average Bonchev–Trinajstić information content (AvgIpc) is 2.26. The predicted octanol–water partition coefficient (Wildman–Crippen LogP) is 4.57. The Labute approximate surface area is 107 Å². The number of ether oxygens (including phenoxy) is 1. The number of unbranched alkanes of at least 4 members (excludes halogenated alkanes) is 2. The fourth-order valence-electron chi connectivity index (χ4n) is 2.41. The van der Waals surface area contributed by atoms with Gasteiger partial charge in [-0.25, -0.2) is 0 Å². The zero-order chi connectivity index (χ0) is 13.3. The highest BCUT2D eigenvalue weighted by Gasteiger charge is 2.30. The van der Waals surface area contributed by atoms with Crippen molar-refractivity contribution in [2.45, 2.75) is 73.1 Å². The average molecular weight is 242 g/mol. The second kappa shape index (κ2) is 8.54. The summed E-state index contributed by atoms with van der Waals surface area (Å²) in [5.41, 5.74) is 0.319. The zero-order valence-corrected chi connectivity index (χ0v) is 12.3. The van der Waals surface area contributed by atoms with Gasteiger partial charge in [0.25, 0.3) is 0 Å². The number of carbonyl (C=O) groups is 1. The molecule has 0 fully saturated rings. The van der Waals surface area contributed by atoms with Gasteiger partial charge in [-0.15, -0.1) is 0 Å². The summed E-state index contributed by atoms with van der Waals surface area (Å²) in [6.07, 6.45) is 7.53. The molecular weight excluding hydrogens is 212 g/mol. The minimum absolute atomic E-state index is 0.163. The van der Waals surface area contributed by atoms with Crippen LogP contribution in [0.25, 0.3) is 0 Å². The first-order valence-corrected chi connectivity index (χ1v) is 7.09. The van der Waals surface area contributed by atoms with E-state index in [0.29, 0.717) is 17.9 Å². The largest absolute Gasteiger partial charge is 0.466 e. The molecule has 0 saturated heterocycles. The minimum atomic E-state index is -0.163. The van der Waals surface area contributed by atoms with Crippen molar-refractivity contribution in [2.75, 3.05) is 6.61 Å². The van der Waals surface area contributed by atoms with E-state index in [-0.39, 0.29) is 5.97 Å². The third kappa shape index (κ3) is 6.70. The van der Waals surface area contributed by atoms with E-state index in [4.69, 9.17) is 4.74 Å². The molecule has 0 bridgehead atoms.